The highest BCUT2D eigenvalue weighted by Gasteiger charge is 2.11. The summed E-state index contributed by atoms with van der Waals surface area (Å²) in [6.45, 7) is 4.77. The largest absolute Gasteiger partial charge is 0.330 e. The van der Waals surface area contributed by atoms with Gasteiger partial charge in [-0.1, -0.05) is 36.2 Å². The molecule has 0 fully saturated rings. The molecular weight excluding hydrogens is 267 g/mol. The molecule has 0 saturated carbocycles. The van der Waals surface area contributed by atoms with E-state index in [0.29, 0.717) is 22.5 Å². The van der Waals surface area contributed by atoms with Crippen molar-refractivity contribution in [2.75, 3.05) is 6.54 Å². The van der Waals surface area contributed by atoms with Gasteiger partial charge in [-0.2, -0.15) is 0 Å². The summed E-state index contributed by atoms with van der Waals surface area (Å²) in [4.78, 5) is 4.48. The number of nitrogens with two attached hydrogens (primary N) is 1. The maximum Gasteiger partial charge on any atom is 0.0909 e. The average molecular weight is 283 g/mol. The van der Waals surface area contributed by atoms with Crippen molar-refractivity contribution < 1.29 is 0 Å². The molecule has 18 heavy (non-hydrogen) atoms. The van der Waals surface area contributed by atoms with E-state index in [9.17, 15) is 0 Å². The summed E-state index contributed by atoms with van der Waals surface area (Å²) in [6, 6.07) is 5.90. The van der Waals surface area contributed by atoms with Gasteiger partial charge in [0.05, 0.1) is 15.6 Å². The lowest BCUT2D eigenvalue weighted by molar-refractivity contribution is 0.595. The number of aryl methyl sites for hydroxylation is 1. The van der Waals surface area contributed by atoms with Gasteiger partial charge in [-0.05, 0) is 43.5 Å². The SMILES string of the molecule is Cc1cc(CC(C)CN)c2ccc(Cl)c(Cl)c2n1. The van der Waals surface area contributed by atoms with Crippen LogP contribution in [-0.4, -0.2) is 11.5 Å². The lowest BCUT2D eigenvalue weighted by Crippen LogP contribution is -2.13. The minimum Gasteiger partial charge on any atom is -0.330 e. The fourth-order valence-electron chi connectivity index (χ4n) is 2.07. The van der Waals surface area contributed by atoms with Crippen LogP contribution in [0.15, 0.2) is 18.2 Å². The number of fused-ring (bicyclic) bond motifs is 1. The maximum atomic E-state index is 6.22. The Kier molecular flexibility index (Phi) is 4.10. The molecule has 2 aromatic rings. The van der Waals surface area contributed by atoms with E-state index in [0.717, 1.165) is 23.0 Å². The molecule has 2 rings (SSSR count). The Hall–Kier alpha value is -0.830. The van der Waals surface area contributed by atoms with Crippen LogP contribution >= 0.6 is 23.2 Å². The second kappa shape index (κ2) is 5.43. The average Bonchev–Trinajstić information content (AvgIpc) is 2.34. The molecule has 96 valence electrons. The predicted octanol–water partition coefficient (Wildman–Crippen LogP) is 3.99. The topological polar surface area (TPSA) is 38.9 Å². The minimum absolute atomic E-state index is 0.435. The summed E-state index contributed by atoms with van der Waals surface area (Å²) in [6.07, 6.45) is 0.925. The molecule has 2 N–H and O–H groups in total. The van der Waals surface area contributed by atoms with Gasteiger partial charge in [0, 0.05) is 11.1 Å². The number of hydrogen-bond donors (Lipinski definition) is 1. The third kappa shape index (κ3) is 2.61. The van der Waals surface area contributed by atoms with Crippen LogP contribution in [0.4, 0.5) is 0 Å². The van der Waals surface area contributed by atoms with Crippen LogP contribution in [0.3, 0.4) is 0 Å². The molecule has 0 saturated heterocycles. The van der Waals surface area contributed by atoms with Gasteiger partial charge in [-0.25, -0.2) is 0 Å². The first kappa shape index (κ1) is 13.6. The van der Waals surface area contributed by atoms with Crippen molar-refractivity contribution in [1.29, 1.82) is 0 Å². The molecule has 1 heterocycles. The van der Waals surface area contributed by atoms with Crippen molar-refractivity contribution in [3.63, 3.8) is 0 Å². The Morgan fingerprint density at radius 3 is 2.72 bits per heavy atom. The van der Waals surface area contributed by atoms with Gasteiger partial charge in [0.25, 0.3) is 0 Å². The van der Waals surface area contributed by atoms with Gasteiger partial charge in [-0.3, -0.25) is 4.98 Å². The molecule has 0 bridgehead atoms. The lowest BCUT2D eigenvalue weighted by atomic mass is 9.97. The quantitative estimate of drug-likeness (QED) is 0.925. The van der Waals surface area contributed by atoms with Crippen LogP contribution in [0.1, 0.15) is 18.2 Å². The Morgan fingerprint density at radius 2 is 2.06 bits per heavy atom. The monoisotopic (exact) mass is 282 g/mol. The molecule has 1 aromatic carbocycles. The van der Waals surface area contributed by atoms with E-state index in [1.807, 2.05) is 19.1 Å². The predicted molar refractivity (Wildman–Crippen MR) is 78.4 cm³/mol. The highest BCUT2D eigenvalue weighted by atomic mass is 35.5. The van der Waals surface area contributed by atoms with Gasteiger partial charge in [0.15, 0.2) is 0 Å². The van der Waals surface area contributed by atoms with Crippen molar-refractivity contribution in [2.24, 2.45) is 11.7 Å². The van der Waals surface area contributed by atoms with Gasteiger partial charge >= 0.3 is 0 Å². The highest BCUT2D eigenvalue weighted by Crippen LogP contribution is 2.32. The Labute approximate surface area is 117 Å². The third-order valence-corrected chi connectivity index (χ3v) is 3.85. The Balaban J connectivity index is 2.63. The molecule has 0 spiro atoms. The van der Waals surface area contributed by atoms with Crippen molar-refractivity contribution in [1.82, 2.24) is 4.98 Å². The van der Waals surface area contributed by atoms with Crippen molar-refractivity contribution in [3.05, 3.63) is 39.5 Å². The van der Waals surface area contributed by atoms with Gasteiger partial charge in [-0.15, -0.1) is 0 Å². The number of rotatable bonds is 3. The van der Waals surface area contributed by atoms with Crippen LogP contribution in [0, 0.1) is 12.8 Å². The number of nitrogens with zero attached hydrogens (tertiary/aromatic N) is 1. The summed E-state index contributed by atoms with van der Waals surface area (Å²) in [7, 11) is 0. The fourth-order valence-corrected chi connectivity index (χ4v) is 2.43. The van der Waals surface area contributed by atoms with E-state index in [4.69, 9.17) is 28.9 Å². The molecule has 1 atom stereocenters. The van der Waals surface area contributed by atoms with Crippen LogP contribution < -0.4 is 5.73 Å². The molecule has 0 aliphatic heterocycles. The molecule has 0 aliphatic carbocycles. The molecule has 1 aromatic heterocycles. The number of benzene rings is 1. The zero-order valence-electron chi connectivity index (χ0n) is 10.5. The summed E-state index contributed by atoms with van der Waals surface area (Å²) in [5.41, 5.74) is 8.65. The van der Waals surface area contributed by atoms with Gasteiger partial charge < -0.3 is 5.73 Å². The number of pyridine rings is 1. The fraction of sp³-hybridized carbons (Fsp3) is 0.357. The third-order valence-electron chi connectivity index (χ3n) is 3.06. The van der Waals surface area contributed by atoms with E-state index >= 15 is 0 Å². The zero-order chi connectivity index (χ0) is 13.3. The van der Waals surface area contributed by atoms with E-state index in [-0.39, 0.29) is 0 Å². The van der Waals surface area contributed by atoms with Gasteiger partial charge in [0.2, 0.25) is 0 Å². The summed E-state index contributed by atoms with van der Waals surface area (Å²) >= 11 is 12.3. The van der Waals surface area contributed by atoms with Crippen molar-refractivity contribution in [3.8, 4) is 0 Å². The standard InChI is InChI=1S/C14H16Cl2N2/c1-8(7-17)5-10-6-9(2)18-14-11(10)3-4-12(15)13(14)16/h3-4,6,8H,5,7,17H2,1-2H3. The number of aromatic nitrogens is 1. The van der Waals surface area contributed by atoms with E-state index in [1.54, 1.807) is 0 Å². The Bertz CT molecular complexity index is 582. The zero-order valence-corrected chi connectivity index (χ0v) is 12.0. The summed E-state index contributed by atoms with van der Waals surface area (Å²) in [5, 5.41) is 2.13. The minimum atomic E-state index is 0.435. The molecule has 0 amide bonds. The molecule has 0 radical (unpaired) electrons. The lowest BCUT2D eigenvalue weighted by Gasteiger charge is -2.13. The van der Waals surface area contributed by atoms with E-state index in [2.05, 4.69) is 18.0 Å². The Morgan fingerprint density at radius 1 is 1.33 bits per heavy atom. The molecule has 4 heteroatoms. The smallest absolute Gasteiger partial charge is 0.0909 e. The molecule has 0 aliphatic rings. The van der Waals surface area contributed by atoms with Crippen LogP contribution in [0.5, 0.6) is 0 Å². The van der Waals surface area contributed by atoms with E-state index in [1.165, 1.54) is 5.56 Å². The second-order valence-electron chi connectivity index (χ2n) is 4.73. The van der Waals surface area contributed by atoms with E-state index < -0.39 is 0 Å². The molecule has 2 nitrogen and oxygen atoms in total. The summed E-state index contributed by atoms with van der Waals surface area (Å²) < 4.78 is 0. The number of hydrogen-bond acceptors (Lipinski definition) is 2. The first-order valence-electron chi connectivity index (χ1n) is 5.97. The van der Waals surface area contributed by atoms with Gasteiger partial charge in [0.1, 0.15) is 0 Å². The first-order valence-corrected chi connectivity index (χ1v) is 6.72. The number of halogens is 2. The van der Waals surface area contributed by atoms with Crippen molar-refractivity contribution in [2.45, 2.75) is 20.3 Å². The van der Waals surface area contributed by atoms with Crippen molar-refractivity contribution >= 4 is 34.1 Å². The normalized spacial score (nSPS) is 12.9. The maximum absolute atomic E-state index is 6.22. The van der Waals surface area contributed by atoms with Crippen LogP contribution in [0.2, 0.25) is 10.0 Å². The summed E-state index contributed by atoms with van der Waals surface area (Å²) in [5.74, 6) is 0.435. The highest BCUT2D eigenvalue weighted by molar-refractivity contribution is 6.45. The first-order chi connectivity index (χ1) is 8.52. The van der Waals surface area contributed by atoms with Crippen LogP contribution in [0.25, 0.3) is 10.9 Å². The second-order valence-corrected chi connectivity index (χ2v) is 5.51. The molecule has 1 unspecified atom stereocenters. The molecular formula is C14H16Cl2N2. The van der Waals surface area contributed by atoms with Crippen LogP contribution in [-0.2, 0) is 6.42 Å².